The molecule has 0 saturated carbocycles. The number of hydrogen-bond acceptors (Lipinski definition) is 3. The topological polar surface area (TPSA) is 46.5 Å². The summed E-state index contributed by atoms with van der Waals surface area (Å²) in [7, 11) is 1.45. The summed E-state index contributed by atoms with van der Waals surface area (Å²) in [5.41, 5.74) is 0. The van der Waals surface area contributed by atoms with Gasteiger partial charge in [0.05, 0.1) is 13.2 Å². The first-order valence-corrected chi connectivity index (χ1v) is 10.1. The van der Waals surface area contributed by atoms with Gasteiger partial charge >= 0.3 is 5.97 Å². The highest BCUT2D eigenvalue weighted by atomic mass is 16.5. The third-order valence-electron chi connectivity index (χ3n) is 4.45. The van der Waals surface area contributed by atoms with E-state index in [1.165, 1.54) is 58.5 Å². The number of aliphatic hydroxyl groups is 1. The lowest BCUT2D eigenvalue weighted by atomic mass is 10.1. The Labute approximate surface area is 149 Å². The SMILES string of the molecule is CCCCCC[C@H](O)C/C=C/CCCCCCCCCC(=O)OC. The molecule has 0 bridgehead atoms. The number of carbonyl (C=O) groups excluding carboxylic acids is 1. The van der Waals surface area contributed by atoms with Crippen molar-refractivity contribution in [2.45, 2.75) is 109 Å². The lowest BCUT2D eigenvalue weighted by molar-refractivity contribution is -0.140. The Kier molecular flexibility index (Phi) is 17.9. The highest BCUT2D eigenvalue weighted by molar-refractivity contribution is 5.68. The van der Waals surface area contributed by atoms with E-state index in [1.54, 1.807) is 0 Å². The summed E-state index contributed by atoms with van der Waals surface area (Å²) in [5.74, 6) is -0.0899. The molecule has 0 aliphatic carbocycles. The molecule has 0 aromatic heterocycles. The number of aliphatic hydroxyl groups excluding tert-OH is 1. The van der Waals surface area contributed by atoms with Gasteiger partial charge in [-0.25, -0.2) is 0 Å². The van der Waals surface area contributed by atoms with Crippen LogP contribution in [0, 0.1) is 0 Å². The molecule has 1 atom stereocenters. The fraction of sp³-hybridized carbons (Fsp3) is 0.857. The molecule has 0 heterocycles. The monoisotopic (exact) mass is 340 g/mol. The van der Waals surface area contributed by atoms with Crippen LogP contribution < -0.4 is 0 Å². The van der Waals surface area contributed by atoms with Crippen LogP contribution in [0.15, 0.2) is 12.2 Å². The second-order valence-corrected chi connectivity index (χ2v) is 6.80. The standard InChI is InChI=1S/C21H40O3/c1-3-4-5-14-17-20(22)18-15-12-10-8-6-7-9-11-13-16-19-21(23)24-2/h12,15,20,22H,3-11,13-14,16-19H2,1-2H3/b15-12+/t20-/m0/s1. The predicted octanol–water partition coefficient (Wildman–Crippen LogP) is 5.95. The number of esters is 1. The Balaban J connectivity index is 3.24. The molecule has 0 aliphatic heterocycles. The minimum Gasteiger partial charge on any atom is -0.469 e. The number of rotatable bonds is 17. The minimum absolute atomic E-state index is 0.0899. The predicted molar refractivity (Wildman–Crippen MR) is 102 cm³/mol. The van der Waals surface area contributed by atoms with Gasteiger partial charge in [-0.1, -0.05) is 76.9 Å². The van der Waals surface area contributed by atoms with Crippen LogP contribution in [0.25, 0.3) is 0 Å². The fourth-order valence-electron chi connectivity index (χ4n) is 2.81. The normalized spacial score (nSPS) is 12.6. The minimum atomic E-state index is -0.150. The summed E-state index contributed by atoms with van der Waals surface area (Å²) < 4.78 is 4.62. The maximum absolute atomic E-state index is 10.9. The molecule has 3 nitrogen and oxygen atoms in total. The zero-order valence-electron chi connectivity index (χ0n) is 16.1. The quantitative estimate of drug-likeness (QED) is 0.202. The maximum atomic E-state index is 10.9. The smallest absolute Gasteiger partial charge is 0.305 e. The number of unbranched alkanes of at least 4 members (excludes halogenated alkanes) is 10. The first kappa shape index (κ1) is 23.2. The van der Waals surface area contributed by atoms with Gasteiger partial charge in [0.2, 0.25) is 0 Å². The van der Waals surface area contributed by atoms with Crippen LogP contribution in [0.3, 0.4) is 0 Å². The molecular weight excluding hydrogens is 300 g/mol. The van der Waals surface area contributed by atoms with Crippen LogP contribution in [0.5, 0.6) is 0 Å². The van der Waals surface area contributed by atoms with Gasteiger partial charge < -0.3 is 9.84 Å². The van der Waals surface area contributed by atoms with E-state index in [0.717, 1.165) is 38.5 Å². The van der Waals surface area contributed by atoms with E-state index in [2.05, 4.69) is 23.8 Å². The molecule has 1 N–H and O–H groups in total. The van der Waals surface area contributed by atoms with Crippen LogP contribution in [-0.2, 0) is 9.53 Å². The molecule has 0 amide bonds. The third-order valence-corrected chi connectivity index (χ3v) is 4.45. The molecule has 0 unspecified atom stereocenters. The summed E-state index contributed by atoms with van der Waals surface area (Å²) in [6.45, 7) is 2.21. The molecule has 0 aromatic carbocycles. The van der Waals surface area contributed by atoms with Crippen LogP contribution in [0.4, 0.5) is 0 Å². The van der Waals surface area contributed by atoms with Crippen molar-refractivity contribution in [3.05, 3.63) is 12.2 Å². The number of allylic oxidation sites excluding steroid dienone is 1. The van der Waals surface area contributed by atoms with E-state index < -0.39 is 0 Å². The Morgan fingerprint density at radius 1 is 0.917 bits per heavy atom. The van der Waals surface area contributed by atoms with E-state index in [0.29, 0.717) is 6.42 Å². The number of methoxy groups -OCH3 is 1. The van der Waals surface area contributed by atoms with E-state index >= 15 is 0 Å². The zero-order chi connectivity index (χ0) is 17.9. The van der Waals surface area contributed by atoms with Gasteiger partial charge in [0.1, 0.15) is 0 Å². The van der Waals surface area contributed by atoms with Crippen molar-refractivity contribution in [1.82, 2.24) is 0 Å². The van der Waals surface area contributed by atoms with Crippen LogP contribution >= 0.6 is 0 Å². The van der Waals surface area contributed by atoms with E-state index in [4.69, 9.17) is 0 Å². The average molecular weight is 341 g/mol. The molecule has 142 valence electrons. The summed E-state index contributed by atoms with van der Waals surface area (Å²) in [6, 6.07) is 0. The van der Waals surface area contributed by atoms with Gasteiger partial charge in [-0.2, -0.15) is 0 Å². The second kappa shape index (κ2) is 18.5. The van der Waals surface area contributed by atoms with Crippen molar-refractivity contribution in [3.8, 4) is 0 Å². The van der Waals surface area contributed by atoms with Crippen molar-refractivity contribution in [2.75, 3.05) is 7.11 Å². The highest BCUT2D eigenvalue weighted by Gasteiger charge is 2.01. The lowest BCUT2D eigenvalue weighted by Crippen LogP contribution is -2.04. The lowest BCUT2D eigenvalue weighted by Gasteiger charge is -2.07. The van der Waals surface area contributed by atoms with Gasteiger partial charge in [-0.3, -0.25) is 4.79 Å². The van der Waals surface area contributed by atoms with Gasteiger partial charge in [0.25, 0.3) is 0 Å². The van der Waals surface area contributed by atoms with E-state index in [1.807, 2.05) is 0 Å². The second-order valence-electron chi connectivity index (χ2n) is 6.80. The Hall–Kier alpha value is -0.830. The Bertz CT molecular complexity index is 299. The van der Waals surface area contributed by atoms with Gasteiger partial charge in [0.15, 0.2) is 0 Å². The van der Waals surface area contributed by atoms with Crippen molar-refractivity contribution in [1.29, 1.82) is 0 Å². The molecular formula is C21H40O3. The van der Waals surface area contributed by atoms with Gasteiger partial charge in [-0.05, 0) is 32.1 Å². The zero-order valence-corrected chi connectivity index (χ0v) is 16.1. The summed E-state index contributed by atoms with van der Waals surface area (Å²) in [5, 5.41) is 9.86. The summed E-state index contributed by atoms with van der Waals surface area (Å²) in [4.78, 5) is 10.9. The number of ether oxygens (including phenoxy) is 1. The molecule has 0 radical (unpaired) electrons. The first-order chi connectivity index (χ1) is 11.7. The fourth-order valence-corrected chi connectivity index (χ4v) is 2.81. The molecule has 0 fully saturated rings. The van der Waals surface area contributed by atoms with Crippen LogP contribution in [0.1, 0.15) is 103 Å². The van der Waals surface area contributed by atoms with Crippen molar-refractivity contribution in [2.24, 2.45) is 0 Å². The Morgan fingerprint density at radius 2 is 1.54 bits per heavy atom. The largest absolute Gasteiger partial charge is 0.469 e. The average Bonchev–Trinajstić information content (AvgIpc) is 2.59. The van der Waals surface area contributed by atoms with Crippen LogP contribution in [0.2, 0.25) is 0 Å². The van der Waals surface area contributed by atoms with Crippen molar-refractivity contribution in [3.63, 3.8) is 0 Å². The van der Waals surface area contributed by atoms with E-state index in [-0.39, 0.29) is 12.1 Å². The Morgan fingerprint density at radius 3 is 2.21 bits per heavy atom. The highest BCUT2D eigenvalue weighted by Crippen LogP contribution is 2.11. The first-order valence-electron chi connectivity index (χ1n) is 10.1. The van der Waals surface area contributed by atoms with Crippen molar-refractivity contribution >= 4 is 5.97 Å². The van der Waals surface area contributed by atoms with Crippen LogP contribution in [-0.4, -0.2) is 24.3 Å². The van der Waals surface area contributed by atoms with Crippen molar-refractivity contribution < 1.29 is 14.6 Å². The third kappa shape index (κ3) is 17.5. The molecule has 0 spiro atoms. The molecule has 0 saturated heterocycles. The van der Waals surface area contributed by atoms with Gasteiger partial charge in [-0.15, -0.1) is 0 Å². The molecule has 3 heteroatoms. The number of hydrogen-bond donors (Lipinski definition) is 1. The van der Waals surface area contributed by atoms with Gasteiger partial charge in [0, 0.05) is 6.42 Å². The molecule has 0 rings (SSSR count). The molecule has 0 aliphatic rings. The summed E-state index contributed by atoms with van der Waals surface area (Å²) in [6.07, 6.45) is 21.0. The maximum Gasteiger partial charge on any atom is 0.305 e. The summed E-state index contributed by atoms with van der Waals surface area (Å²) >= 11 is 0. The molecule has 0 aromatic rings. The number of carbonyl (C=O) groups is 1. The molecule has 24 heavy (non-hydrogen) atoms. The van der Waals surface area contributed by atoms with E-state index in [9.17, 15) is 9.90 Å².